The van der Waals surface area contributed by atoms with Crippen LogP contribution < -0.4 is 5.32 Å². The van der Waals surface area contributed by atoms with Crippen LogP contribution in [0, 0.1) is 23.2 Å². The van der Waals surface area contributed by atoms with Gasteiger partial charge in [-0.25, -0.2) is 0 Å². The summed E-state index contributed by atoms with van der Waals surface area (Å²) in [4.78, 5) is 14.2. The number of carbonyl (C=O) groups excluding carboxylic acids is 1. The van der Waals surface area contributed by atoms with E-state index in [2.05, 4.69) is 11.4 Å². The Balaban J connectivity index is 1.90. The normalized spacial score (nSPS) is 22.0. The highest BCUT2D eigenvalue weighted by Gasteiger charge is 2.37. The number of carbonyl (C=O) groups is 1. The molecule has 1 heterocycles. The smallest absolute Gasteiger partial charge is 0.226 e. The molecule has 1 saturated heterocycles. The summed E-state index contributed by atoms with van der Waals surface area (Å²) >= 11 is 0. The van der Waals surface area contributed by atoms with Gasteiger partial charge < -0.3 is 10.2 Å². The minimum atomic E-state index is 0.112. The molecule has 1 aliphatic carbocycles. The molecule has 2 rings (SSSR count). The van der Waals surface area contributed by atoms with Gasteiger partial charge in [-0.1, -0.05) is 6.92 Å². The number of nitrogens with one attached hydrogen (secondary N) is 1. The molecule has 4 nitrogen and oxygen atoms in total. The molecule has 0 aromatic heterocycles. The minimum Gasteiger partial charge on any atom is -0.338 e. The Labute approximate surface area is 96.6 Å². The molecule has 2 aliphatic rings. The maximum atomic E-state index is 12.3. The van der Waals surface area contributed by atoms with Crippen LogP contribution in [0.25, 0.3) is 0 Å². The number of hydrogen-bond acceptors (Lipinski definition) is 3. The Kier molecular flexibility index (Phi) is 3.45. The van der Waals surface area contributed by atoms with E-state index < -0.39 is 0 Å². The van der Waals surface area contributed by atoms with Crippen LogP contribution in [0.15, 0.2) is 0 Å². The van der Waals surface area contributed by atoms with Crippen LogP contribution >= 0.6 is 0 Å². The highest BCUT2D eigenvalue weighted by atomic mass is 16.2. The lowest BCUT2D eigenvalue weighted by Crippen LogP contribution is -2.51. The van der Waals surface area contributed by atoms with Gasteiger partial charge in [0.15, 0.2) is 0 Å². The van der Waals surface area contributed by atoms with Gasteiger partial charge in [-0.05, 0) is 31.8 Å². The van der Waals surface area contributed by atoms with E-state index in [1.54, 1.807) is 0 Å². The van der Waals surface area contributed by atoms with Crippen molar-refractivity contribution in [1.82, 2.24) is 10.2 Å². The quantitative estimate of drug-likeness (QED) is 0.745. The number of rotatable bonds is 5. The largest absolute Gasteiger partial charge is 0.338 e. The highest BCUT2D eigenvalue weighted by molar-refractivity contribution is 5.79. The molecule has 1 N–H and O–H groups in total. The minimum absolute atomic E-state index is 0.112. The van der Waals surface area contributed by atoms with Crippen molar-refractivity contribution in [3.8, 4) is 6.07 Å². The van der Waals surface area contributed by atoms with Gasteiger partial charge in [0, 0.05) is 18.5 Å². The SMILES string of the molecule is CC(C(=O)N(CCC#N)C1CC1)C1CNC1. The summed E-state index contributed by atoms with van der Waals surface area (Å²) in [5, 5.41) is 11.8. The van der Waals surface area contributed by atoms with E-state index in [9.17, 15) is 4.79 Å². The molecule has 0 spiro atoms. The molecular weight excluding hydrogens is 202 g/mol. The maximum absolute atomic E-state index is 12.3. The summed E-state index contributed by atoms with van der Waals surface area (Å²) in [6.45, 7) is 4.56. The zero-order valence-corrected chi connectivity index (χ0v) is 9.78. The molecule has 1 unspecified atom stereocenters. The Hall–Kier alpha value is -1.08. The Morgan fingerprint density at radius 1 is 1.56 bits per heavy atom. The van der Waals surface area contributed by atoms with Gasteiger partial charge in [0.25, 0.3) is 0 Å². The summed E-state index contributed by atoms with van der Waals surface area (Å²) in [5.41, 5.74) is 0. The van der Waals surface area contributed by atoms with Gasteiger partial charge in [-0.15, -0.1) is 0 Å². The third-order valence-electron chi connectivity index (χ3n) is 3.64. The van der Waals surface area contributed by atoms with Crippen molar-refractivity contribution >= 4 is 5.91 Å². The van der Waals surface area contributed by atoms with Gasteiger partial charge in [0.1, 0.15) is 0 Å². The molecule has 0 radical (unpaired) electrons. The summed E-state index contributed by atoms with van der Waals surface area (Å²) in [6, 6.07) is 2.55. The standard InChI is InChI=1S/C12H19N3O/c1-9(10-7-14-8-10)12(16)15(6-2-5-13)11-3-4-11/h9-11,14H,2-4,6-8H2,1H3. The summed E-state index contributed by atoms with van der Waals surface area (Å²) in [5.74, 6) is 0.862. The van der Waals surface area contributed by atoms with Gasteiger partial charge in [0.2, 0.25) is 5.91 Å². The van der Waals surface area contributed by atoms with Crippen molar-refractivity contribution in [3.63, 3.8) is 0 Å². The maximum Gasteiger partial charge on any atom is 0.226 e. The van der Waals surface area contributed by atoms with Gasteiger partial charge in [0.05, 0.1) is 12.5 Å². The molecule has 1 saturated carbocycles. The van der Waals surface area contributed by atoms with E-state index in [1.807, 2.05) is 11.8 Å². The number of hydrogen-bond donors (Lipinski definition) is 1. The third kappa shape index (κ3) is 2.35. The average Bonchev–Trinajstić information content (AvgIpc) is 2.99. The van der Waals surface area contributed by atoms with Crippen LogP contribution in [0.1, 0.15) is 26.2 Å². The van der Waals surface area contributed by atoms with E-state index in [4.69, 9.17) is 5.26 Å². The first kappa shape index (κ1) is 11.4. The average molecular weight is 221 g/mol. The van der Waals surface area contributed by atoms with Crippen LogP contribution in [0.4, 0.5) is 0 Å². The topological polar surface area (TPSA) is 56.1 Å². The fourth-order valence-corrected chi connectivity index (χ4v) is 2.16. The van der Waals surface area contributed by atoms with Crippen LogP contribution in [0.3, 0.4) is 0 Å². The van der Waals surface area contributed by atoms with E-state index in [1.165, 1.54) is 0 Å². The summed E-state index contributed by atoms with van der Waals surface area (Å²) in [6.07, 6.45) is 2.69. The number of nitrogens with zero attached hydrogens (tertiary/aromatic N) is 2. The molecule has 0 aromatic rings. The third-order valence-corrected chi connectivity index (χ3v) is 3.64. The second-order valence-corrected chi connectivity index (χ2v) is 4.88. The zero-order valence-electron chi connectivity index (χ0n) is 9.78. The molecule has 0 bridgehead atoms. The summed E-state index contributed by atoms with van der Waals surface area (Å²) in [7, 11) is 0. The number of nitriles is 1. The van der Waals surface area contributed by atoms with Crippen molar-refractivity contribution in [2.24, 2.45) is 11.8 Å². The molecular formula is C12H19N3O. The molecule has 1 aliphatic heterocycles. The highest BCUT2D eigenvalue weighted by Crippen LogP contribution is 2.30. The van der Waals surface area contributed by atoms with Crippen LogP contribution in [-0.4, -0.2) is 36.5 Å². The van der Waals surface area contributed by atoms with Gasteiger partial charge in [-0.2, -0.15) is 5.26 Å². The Morgan fingerprint density at radius 3 is 2.69 bits per heavy atom. The van der Waals surface area contributed by atoms with Crippen LogP contribution in [-0.2, 0) is 4.79 Å². The molecule has 2 fully saturated rings. The van der Waals surface area contributed by atoms with Crippen LogP contribution in [0.2, 0.25) is 0 Å². The second kappa shape index (κ2) is 4.84. The first-order chi connectivity index (χ1) is 7.74. The molecule has 1 amide bonds. The Bertz CT molecular complexity index is 302. The first-order valence-electron chi connectivity index (χ1n) is 6.12. The fourth-order valence-electron chi connectivity index (χ4n) is 2.16. The second-order valence-electron chi connectivity index (χ2n) is 4.88. The molecule has 16 heavy (non-hydrogen) atoms. The van der Waals surface area contributed by atoms with Crippen molar-refractivity contribution in [1.29, 1.82) is 5.26 Å². The lowest BCUT2D eigenvalue weighted by Gasteiger charge is -2.35. The number of amides is 1. The van der Waals surface area contributed by atoms with Crippen molar-refractivity contribution in [2.45, 2.75) is 32.2 Å². The molecule has 88 valence electrons. The Morgan fingerprint density at radius 2 is 2.25 bits per heavy atom. The molecule has 4 heteroatoms. The lowest BCUT2D eigenvalue weighted by atomic mass is 9.88. The van der Waals surface area contributed by atoms with Gasteiger partial charge in [-0.3, -0.25) is 4.79 Å². The molecule has 0 aromatic carbocycles. The zero-order chi connectivity index (χ0) is 11.5. The first-order valence-corrected chi connectivity index (χ1v) is 6.12. The lowest BCUT2D eigenvalue weighted by molar-refractivity contribution is -0.137. The van der Waals surface area contributed by atoms with E-state index in [-0.39, 0.29) is 11.8 Å². The van der Waals surface area contributed by atoms with Crippen molar-refractivity contribution in [3.05, 3.63) is 0 Å². The molecule has 1 atom stereocenters. The van der Waals surface area contributed by atoms with Crippen molar-refractivity contribution < 1.29 is 4.79 Å². The van der Waals surface area contributed by atoms with E-state index in [0.29, 0.717) is 24.9 Å². The van der Waals surface area contributed by atoms with E-state index in [0.717, 1.165) is 25.9 Å². The van der Waals surface area contributed by atoms with E-state index >= 15 is 0 Å². The van der Waals surface area contributed by atoms with Gasteiger partial charge >= 0.3 is 0 Å². The predicted molar refractivity (Wildman–Crippen MR) is 60.5 cm³/mol. The monoisotopic (exact) mass is 221 g/mol. The van der Waals surface area contributed by atoms with Crippen molar-refractivity contribution in [2.75, 3.05) is 19.6 Å². The fraction of sp³-hybridized carbons (Fsp3) is 0.833. The van der Waals surface area contributed by atoms with Crippen LogP contribution in [0.5, 0.6) is 0 Å². The summed E-state index contributed by atoms with van der Waals surface area (Å²) < 4.78 is 0. The predicted octanol–water partition coefficient (Wildman–Crippen LogP) is 0.747.